The van der Waals surface area contributed by atoms with Crippen molar-refractivity contribution in [2.24, 2.45) is 0 Å². The molecule has 1 saturated heterocycles. The number of amides is 2. The van der Waals surface area contributed by atoms with Crippen LogP contribution in [0.4, 0.5) is 4.79 Å². The van der Waals surface area contributed by atoms with Gasteiger partial charge in [-0.05, 0) is 17.2 Å². The van der Waals surface area contributed by atoms with Gasteiger partial charge in [-0.2, -0.15) is 0 Å². The second-order valence-electron chi connectivity index (χ2n) is 7.10. The van der Waals surface area contributed by atoms with Crippen molar-refractivity contribution in [1.82, 2.24) is 10.2 Å². The highest BCUT2D eigenvalue weighted by atomic mass is 16.5. The summed E-state index contributed by atoms with van der Waals surface area (Å²) < 4.78 is 4.88. The number of methoxy groups -OCH3 is 1. The number of esters is 1. The molecule has 1 fully saturated rings. The molecule has 3 rings (SSSR count). The Morgan fingerprint density at radius 2 is 1.69 bits per heavy atom. The second-order valence-corrected chi connectivity index (χ2v) is 7.10. The van der Waals surface area contributed by atoms with E-state index in [2.05, 4.69) is 29.7 Å². The molecular formula is C23H28N3O3+. The lowest BCUT2D eigenvalue weighted by Gasteiger charge is -2.31. The molecule has 2 N–H and O–H groups in total. The average molecular weight is 394 g/mol. The van der Waals surface area contributed by atoms with Gasteiger partial charge in [-0.15, -0.1) is 0 Å². The summed E-state index contributed by atoms with van der Waals surface area (Å²) in [6, 6.07) is 18.9. The lowest BCUT2D eigenvalue weighted by atomic mass is 10.1. The Balaban J connectivity index is 1.52. The zero-order valence-electron chi connectivity index (χ0n) is 16.7. The third-order valence-electron chi connectivity index (χ3n) is 5.07. The van der Waals surface area contributed by atoms with E-state index in [4.69, 9.17) is 4.74 Å². The Bertz CT molecular complexity index is 816. The normalized spacial score (nSPS) is 15.8. The van der Waals surface area contributed by atoms with Crippen LogP contribution in [0.5, 0.6) is 0 Å². The summed E-state index contributed by atoms with van der Waals surface area (Å²) in [6.07, 6.45) is 4.67. The number of carbonyl (C=O) groups is 2. The van der Waals surface area contributed by atoms with Gasteiger partial charge >= 0.3 is 12.0 Å². The van der Waals surface area contributed by atoms with Crippen molar-refractivity contribution < 1.29 is 19.2 Å². The van der Waals surface area contributed by atoms with Crippen molar-refractivity contribution in [3.8, 4) is 0 Å². The van der Waals surface area contributed by atoms with Crippen LogP contribution >= 0.6 is 0 Å². The van der Waals surface area contributed by atoms with Gasteiger partial charge in [-0.3, -0.25) is 0 Å². The van der Waals surface area contributed by atoms with Gasteiger partial charge in [0.2, 0.25) is 0 Å². The maximum atomic E-state index is 12.7. The number of ether oxygens (including phenoxy) is 1. The highest BCUT2D eigenvalue weighted by molar-refractivity contribution is 5.83. The number of hydrogen-bond acceptors (Lipinski definition) is 3. The van der Waals surface area contributed by atoms with Crippen LogP contribution in [0.15, 0.2) is 66.9 Å². The number of nitrogens with one attached hydrogen (secondary N) is 2. The maximum absolute atomic E-state index is 12.7. The number of carbonyl (C=O) groups excluding carboxylic acids is 2. The Morgan fingerprint density at radius 1 is 1.07 bits per heavy atom. The van der Waals surface area contributed by atoms with Crippen molar-refractivity contribution in [2.45, 2.75) is 12.5 Å². The average Bonchev–Trinajstić information content (AvgIpc) is 2.78. The molecule has 152 valence electrons. The van der Waals surface area contributed by atoms with Gasteiger partial charge in [0.05, 0.1) is 39.5 Å². The quantitative estimate of drug-likeness (QED) is 0.727. The van der Waals surface area contributed by atoms with Crippen molar-refractivity contribution in [3.63, 3.8) is 0 Å². The molecule has 1 aliphatic rings. The van der Waals surface area contributed by atoms with Crippen molar-refractivity contribution in [1.29, 1.82) is 0 Å². The van der Waals surface area contributed by atoms with Crippen LogP contribution in [-0.2, 0) is 16.0 Å². The van der Waals surface area contributed by atoms with Crippen LogP contribution in [0.25, 0.3) is 6.08 Å². The third-order valence-corrected chi connectivity index (χ3v) is 5.07. The number of quaternary nitrogens is 1. The monoisotopic (exact) mass is 394 g/mol. The molecule has 2 aromatic rings. The molecule has 2 aromatic carbocycles. The summed E-state index contributed by atoms with van der Waals surface area (Å²) in [5, 5.41) is 2.84. The molecule has 1 atom stereocenters. The molecule has 0 aliphatic carbocycles. The molecular weight excluding hydrogens is 366 g/mol. The summed E-state index contributed by atoms with van der Waals surface area (Å²) in [5.74, 6) is -0.433. The molecule has 6 nitrogen and oxygen atoms in total. The highest BCUT2D eigenvalue weighted by Gasteiger charge is 2.27. The van der Waals surface area contributed by atoms with Gasteiger partial charge in [0.1, 0.15) is 6.04 Å². The van der Waals surface area contributed by atoms with E-state index in [1.807, 2.05) is 48.5 Å². The number of hydrogen-bond donors (Lipinski definition) is 2. The van der Waals surface area contributed by atoms with Crippen LogP contribution in [-0.4, -0.2) is 56.2 Å². The molecule has 29 heavy (non-hydrogen) atoms. The number of rotatable bonds is 6. The van der Waals surface area contributed by atoms with Gasteiger partial charge in [0, 0.05) is 6.42 Å². The number of piperazine rings is 1. The Morgan fingerprint density at radius 3 is 2.31 bits per heavy atom. The fourth-order valence-electron chi connectivity index (χ4n) is 3.37. The summed E-state index contributed by atoms with van der Waals surface area (Å²) in [7, 11) is 1.34. The zero-order chi connectivity index (χ0) is 20.5. The lowest BCUT2D eigenvalue weighted by Crippen LogP contribution is -3.10. The first-order chi connectivity index (χ1) is 14.2. The highest BCUT2D eigenvalue weighted by Crippen LogP contribution is 2.06. The van der Waals surface area contributed by atoms with Crippen molar-refractivity contribution in [2.75, 3.05) is 33.3 Å². The second kappa shape index (κ2) is 10.4. The Hall–Kier alpha value is -3.12. The van der Waals surface area contributed by atoms with E-state index in [9.17, 15) is 9.59 Å². The first-order valence-corrected chi connectivity index (χ1v) is 9.90. The van der Waals surface area contributed by atoms with Crippen molar-refractivity contribution in [3.05, 3.63) is 78.0 Å². The Kier molecular flexibility index (Phi) is 7.41. The smallest absolute Gasteiger partial charge is 0.328 e. The van der Waals surface area contributed by atoms with Gasteiger partial charge in [-0.1, -0.05) is 60.7 Å². The molecule has 6 heteroatoms. The molecule has 0 spiro atoms. The summed E-state index contributed by atoms with van der Waals surface area (Å²) in [5.41, 5.74) is 2.14. The van der Waals surface area contributed by atoms with Gasteiger partial charge < -0.3 is 19.9 Å². The van der Waals surface area contributed by atoms with E-state index in [1.165, 1.54) is 17.6 Å². The maximum Gasteiger partial charge on any atom is 0.328 e. The fraction of sp³-hybridized carbons (Fsp3) is 0.304. The predicted molar refractivity (Wildman–Crippen MR) is 112 cm³/mol. The minimum atomic E-state index is -0.696. The van der Waals surface area contributed by atoms with Crippen LogP contribution in [0, 0.1) is 0 Å². The zero-order valence-corrected chi connectivity index (χ0v) is 16.7. The number of nitrogens with zero attached hydrogens (tertiary/aromatic N) is 1. The molecule has 0 radical (unpaired) electrons. The van der Waals surface area contributed by atoms with Crippen LogP contribution < -0.4 is 10.2 Å². The minimum absolute atomic E-state index is 0.220. The summed E-state index contributed by atoms with van der Waals surface area (Å²) >= 11 is 0. The summed E-state index contributed by atoms with van der Waals surface area (Å²) in [6.45, 7) is 2.94. The summed E-state index contributed by atoms with van der Waals surface area (Å²) in [4.78, 5) is 27.9. The minimum Gasteiger partial charge on any atom is -0.467 e. The van der Waals surface area contributed by atoms with Crippen molar-refractivity contribution >= 4 is 18.1 Å². The van der Waals surface area contributed by atoms with E-state index in [-0.39, 0.29) is 6.03 Å². The number of benzene rings is 2. The van der Waals surface area contributed by atoms with Gasteiger partial charge in [-0.25, -0.2) is 9.59 Å². The molecule has 2 amide bonds. The molecule has 1 heterocycles. The molecule has 0 aromatic heterocycles. The van der Waals surface area contributed by atoms with E-state index in [0.29, 0.717) is 19.5 Å². The van der Waals surface area contributed by atoms with Gasteiger partial charge in [0.25, 0.3) is 0 Å². The predicted octanol–water partition coefficient (Wildman–Crippen LogP) is 1.35. The topological polar surface area (TPSA) is 63.1 Å². The van der Waals surface area contributed by atoms with Crippen LogP contribution in [0.1, 0.15) is 11.1 Å². The lowest BCUT2D eigenvalue weighted by molar-refractivity contribution is -0.850. The SMILES string of the molecule is COC(=O)[C@H](Cc1ccccc1)NC(=O)N1CC[NH+](/C=C/c2ccccc2)CC1. The van der Waals surface area contributed by atoms with E-state index < -0.39 is 12.0 Å². The molecule has 0 bridgehead atoms. The standard InChI is InChI=1S/C23H27N3O3/c1-29-22(27)21(18-20-10-6-3-7-11-20)24-23(28)26-16-14-25(15-17-26)13-12-19-8-4-2-5-9-19/h2-13,21H,14-18H2,1H3,(H,24,28)/p+1/b13-12+/t21-/m0/s1. The van der Waals surface area contributed by atoms with E-state index >= 15 is 0 Å². The first kappa shape index (κ1) is 20.6. The number of urea groups is 1. The van der Waals surface area contributed by atoms with Crippen LogP contribution in [0.2, 0.25) is 0 Å². The Labute approximate surface area is 171 Å². The fourth-order valence-corrected chi connectivity index (χ4v) is 3.37. The molecule has 0 saturated carbocycles. The third kappa shape index (κ3) is 6.19. The first-order valence-electron chi connectivity index (χ1n) is 9.90. The van der Waals surface area contributed by atoms with Crippen LogP contribution in [0.3, 0.4) is 0 Å². The largest absolute Gasteiger partial charge is 0.467 e. The molecule has 1 aliphatic heterocycles. The van der Waals surface area contributed by atoms with Gasteiger partial charge in [0.15, 0.2) is 0 Å². The van der Waals surface area contributed by atoms with E-state index in [0.717, 1.165) is 18.7 Å². The van der Waals surface area contributed by atoms with E-state index in [1.54, 1.807) is 4.90 Å². The molecule has 0 unspecified atom stereocenters.